The fourth-order valence-corrected chi connectivity index (χ4v) is 3.21. The van der Waals surface area contributed by atoms with Gasteiger partial charge in [-0.3, -0.25) is 4.79 Å². The first-order valence-corrected chi connectivity index (χ1v) is 9.66. The van der Waals surface area contributed by atoms with E-state index in [2.05, 4.69) is 36.5 Å². The number of nitrogens with one attached hydrogen (secondary N) is 1. The molecule has 0 spiro atoms. The molecule has 2 atom stereocenters. The second-order valence-electron chi connectivity index (χ2n) is 6.82. The van der Waals surface area contributed by atoms with Gasteiger partial charge >= 0.3 is 0 Å². The summed E-state index contributed by atoms with van der Waals surface area (Å²) in [5.74, 6) is 0.660. The Morgan fingerprint density at radius 3 is 2.37 bits per heavy atom. The Kier molecular flexibility index (Phi) is 6.12. The summed E-state index contributed by atoms with van der Waals surface area (Å²) in [4.78, 5) is 12.8. The monoisotopic (exact) mass is 361 g/mol. The van der Waals surface area contributed by atoms with Crippen molar-refractivity contribution in [1.29, 1.82) is 0 Å². The number of benzene rings is 3. The van der Waals surface area contributed by atoms with E-state index in [1.165, 1.54) is 5.56 Å². The first kappa shape index (κ1) is 19.0. The largest absolute Gasteiger partial charge is 0.480 e. The number of carbonyl (C=O) groups excluding carboxylic acids is 1. The lowest BCUT2D eigenvalue weighted by Crippen LogP contribution is -2.39. The van der Waals surface area contributed by atoms with E-state index in [1.54, 1.807) is 0 Å². The molecule has 0 bridgehead atoms. The van der Waals surface area contributed by atoms with E-state index in [-0.39, 0.29) is 11.9 Å². The van der Waals surface area contributed by atoms with Gasteiger partial charge in [0, 0.05) is 5.39 Å². The lowest BCUT2D eigenvalue weighted by atomic mass is 10.0. The Morgan fingerprint density at radius 1 is 0.963 bits per heavy atom. The maximum absolute atomic E-state index is 12.8. The minimum Gasteiger partial charge on any atom is -0.480 e. The Hall–Kier alpha value is -2.81. The fourth-order valence-electron chi connectivity index (χ4n) is 3.21. The second kappa shape index (κ2) is 8.72. The number of hydrogen-bond acceptors (Lipinski definition) is 2. The zero-order valence-corrected chi connectivity index (χ0v) is 16.2. The van der Waals surface area contributed by atoms with Gasteiger partial charge in [0.1, 0.15) is 5.75 Å². The van der Waals surface area contributed by atoms with Crippen molar-refractivity contribution < 1.29 is 9.53 Å². The molecule has 0 saturated carbocycles. The van der Waals surface area contributed by atoms with Gasteiger partial charge in [0.05, 0.1) is 6.04 Å². The van der Waals surface area contributed by atoms with E-state index in [0.717, 1.165) is 28.5 Å². The minimum absolute atomic E-state index is 0.0615. The molecule has 0 fully saturated rings. The number of amides is 1. The summed E-state index contributed by atoms with van der Waals surface area (Å²) in [6.07, 6.45) is 1.10. The lowest BCUT2D eigenvalue weighted by molar-refractivity contribution is -0.128. The molecule has 0 aromatic heterocycles. The number of hydrogen-bond donors (Lipinski definition) is 1. The second-order valence-corrected chi connectivity index (χ2v) is 6.82. The summed E-state index contributed by atoms with van der Waals surface area (Å²) in [6.45, 7) is 6.11. The highest BCUT2D eigenvalue weighted by Gasteiger charge is 2.21. The van der Waals surface area contributed by atoms with Gasteiger partial charge < -0.3 is 10.1 Å². The minimum atomic E-state index is -0.520. The molecule has 1 N–H and O–H groups in total. The molecule has 140 valence electrons. The number of ether oxygens (including phenoxy) is 1. The number of carbonyl (C=O) groups is 1. The average molecular weight is 361 g/mol. The van der Waals surface area contributed by atoms with E-state index < -0.39 is 6.10 Å². The third kappa shape index (κ3) is 4.48. The van der Waals surface area contributed by atoms with Crippen LogP contribution in [0.2, 0.25) is 0 Å². The molecule has 0 aliphatic heterocycles. The molecule has 0 aliphatic carbocycles. The van der Waals surface area contributed by atoms with Crippen molar-refractivity contribution in [2.45, 2.75) is 45.8 Å². The van der Waals surface area contributed by atoms with Gasteiger partial charge in [-0.25, -0.2) is 0 Å². The summed E-state index contributed by atoms with van der Waals surface area (Å²) in [5.41, 5.74) is 2.39. The normalized spacial score (nSPS) is 13.1. The van der Waals surface area contributed by atoms with Gasteiger partial charge in [-0.15, -0.1) is 0 Å². The molecule has 3 aromatic carbocycles. The Labute approximate surface area is 161 Å². The first-order chi connectivity index (χ1) is 13.1. The van der Waals surface area contributed by atoms with Crippen molar-refractivity contribution in [3.05, 3.63) is 77.9 Å². The van der Waals surface area contributed by atoms with Gasteiger partial charge in [-0.2, -0.15) is 0 Å². The molecule has 3 rings (SSSR count). The van der Waals surface area contributed by atoms with Crippen LogP contribution < -0.4 is 10.1 Å². The Morgan fingerprint density at radius 2 is 1.67 bits per heavy atom. The number of rotatable bonds is 7. The van der Waals surface area contributed by atoms with Crippen LogP contribution in [0.15, 0.2) is 66.7 Å². The molecule has 2 unspecified atom stereocenters. The van der Waals surface area contributed by atoms with Crippen LogP contribution in [0.4, 0.5) is 0 Å². The highest BCUT2D eigenvalue weighted by molar-refractivity contribution is 5.89. The molecule has 1 amide bonds. The molecule has 0 aliphatic rings. The number of aryl methyl sites for hydroxylation is 1. The highest BCUT2D eigenvalue weighted by Crippen LogP contribution is 2.26. The van der Waals surface area contributed by atoms with Gasteiger partial charge in [0.25, 0.3) is 5.91 Å². The molecule has 27 heavy (non-hydrogen) atoms. The zero-order valence-electron chi connectivity index (χ0n) is 16.2. The Balaban J connectivity index is 1.71. The van der Waals surface area contributed by atoms with Gasteiger partial charge in [-0.1, -0.05) is 74.5 Å². The standard InChI is InChI=1S/C24H27NO2/c1-4-18-13-15-19(16-14-18)17(3)25-24(26)22(5-2)27-23-12-8-10-20-9-6-7-11-21(20)23/h6-17,22H,4-5H2,1-3H3,(H,25,26). The van der Waals surface area contributed by atoms with Crippen molar-refractivity contribution in [3.63, 3.8) is 0 Å². The first-order valence-electron chi connectivity index (χ1n) is 9.66. The van der Waals surface area contributed by atoms with Crippen LogP contribution in [0.25, 0.3) is 10.8 Å². The van der Waals surface area contributed by atoms with Crippen molar-refractivity contribution in [3.8, 4) is 5.75 Å². The van der Waals surface area contributed by atoms with Gasteiger partial charge in [0.15, 0.2) is 6.10 Å². The van der Waals surface area contributed by atoms with E-state index in [4.69, 9.17) is 4.74 Å². The van der Waals surface area contributed by atoms with Crippen molar-refractivity contribution in [1.82, 2.24) is 5.32 Å². The molecule has 0 heterocycles. The van der Waals surface area contributed by atoms with E-state index in [9.17, 15) is 4.79 Å². The van der Waals surface area contributed by atoms with Crippen LogP contribution in [0.1, 0.15) is 44.4 Å². The predicted molar refractivity (Wildman–Crippen MR) is 111 cm³/mol. The average Bonchev–Trinajstić information content (AvgIpc) is 2.72. The molecule has 3 nitrogen and oxygen atoms in total. The fraction of sp³-hybridized carbons (Fsp3) is 0.292. The van der Waals surface area contributed by atoms with Crippen molar-refractivity contribution in [2.75, 3.05) is 0 Å². The summed E-state index contributed by atoms with van der Waals surface area (Å²) in [5, 5.41) is 5.22. The van der Waals surface area contributed by atoms with Crippen LogP contribution in [-0.2, 0) is 11.2 Å². The lowest BCUT2D eigenvalue weighted by Gasteiger charge is -2.21. The van der Waals surface area contributed by atoms with Crippen LogP contribution in [-0.4, -0.2) is 12.0 Å². The summed E-state index contributed by atoms with van der Waals surface area (Å²) in [7, 11) is 0. The van der Waals surface area contributed by atoms with Crippen LogP contribution >= 0.6 is 0 Å². The predicted octanol–water partition coefficient (Wildman–Crippen LogP) is 5.44. The van der Waals surface area contributed by atoms with Crippen LogP contribution in [0.5, 0.6) is 5.75 Å². The molecule has 3 aromatic rings. The maximum Gasteiger partial charge on any atom is 0.261 e. The van der Waals surface area contributed by atoms with Crippen LogP contribution in [0, 0.1) is 0 Å². The molecule has 0 radical (unpaired) electrons. The van der Waals surface area contributed by atoms with Crippen molar-refractivity contribution >= 4 is 16.7 Å². The zero-order chi connectivity index (χ0) is 19.2. The van der Waals surface area contributed by atoms with Crippen LogP contribution in [0.3, 0.4) is 0 Å². The van der Waals surface area contributed by atoms with Gasteiger partial charge in [-0.05, 0) is 42.3 Å². The van der Waals surface area contributed by atoms with E-state index in [1.807, 2.05) is 56.3 Å². The maximum atomic E-state index is 12.8. The summed E-state index contributed by atoms with van der Waals surface area (Å²) in [6, 6.07) is 22.3. The molecule has 3 heteroatoms. The topological polar surface area (TPSA) is 38.3 Å². The third-order valence-corrected chi connectivity index (χ3v) is 4.93. The highest BCUT2D eigenvalue weighted by atomic mass is 16.5. The molecule has 0 saturated heterocycles. The van der Waals surface area contributed by atoms with E-state index >= 15 is 0 Å². The number of fused-ring (bicyclic) bond motifs is 1. The van der Waals surface area contributed by atoms with E-state index in [0.29, 0.717) is 6.42 Å². The quantitative estimate of drug-likeness (QED) is 0.609. The SMILES string of the molecule is CCc1ccc(C(C)NC(=O)C(CC)Oc2cccc3ccccc23)cc1. The van der Waals surface area contributed by atoms with Crippen molar-refractivity contribution in [2.24, 2.45) is 0 Å². The summed E-state index contributed by atoms with van der Waals surface area (Å²) < 4.78 is 6.10. The van der Waals surface area contributed by atoms with Gasteiger partial charge in [0.2, 0.25) is 0 Å². The Bertz CT molecular complexity index is 896. The third-order valence-electron chi connectivity index (χ3n) is 4.93. The molecular formula is C24H27NO2. The summed E-state index contributed by atoms with van der Waals surface area (Å²) >= 11 is 0. The molecular weight excluding hydrogens is 334 g/mol. The smallest absolute Gasteiger partial charge is 0.261 e.